The fraction of sp³-hybridized carbons (Fsp3) is 0.865. The summed E-state index contributed by atoms with van der Waals surface area (Å²) in [6.07, 6.45) is 23.4. The Labute approximate surface area is 279 Å². The maximum absolute atomic E-state index is 12.8. The maximum Gasteiger partial charge on any atom is 0.220 e. The van der Waals surface area contributed by atoms with E-state index in [2.05, 4.69) is 37.4 Å². The van der Waals surface area contributed by atoms with Gasteiger partial charge in [-0.15, -0.1) is 0 Å². The van der Waals surface area contributed by atoms with Gasteiger partial charge < -0.3 is 40.3 Å². The molecule has 1 aliphatic heterocycles. The van der Waals surface area contributed by atoms with Crippen molar-refractivity contribution < 1.29 is 39.8 Å². The van der Waals surface area contributed by atoms with Crippen molar-refractivity contribution in [2.75, 3.05) is 13.2 Å². The lowest BCUT2D eigenvalue weighted by atomic mass is 9.99. The molecule has 0 aromatic rings. The molecule has 9 heteroatoms. The van der Waals surface area contributed by atoms with Crippen LogP contribution in [-0.2, 0) is 14.3 Å². The Morgan fingerprint density at radius 2 is 1.28 bits per heavy atom. The zero-order valence-corrected chi connectivity index (χ0v) is 29.1. The molecular formula is C37H69NO8. The third kappa shape index (κ3) is 20.1. The smallest absolute Gasteiger partial charge is 0.220 e. The van der Waals surface area contributed by atoms with Crippen molar-refractivity contribution in [1.82, 2.24) is 5.32 Å². The molecule has 0 aliphatic carbocycles. The van der Waals surface area contributed by atoms with Crippen molar-refractivity contribution in [3.8, 4) is 0 Å². The molecule has 0 bridgehead atoms. The third-order valence-electron chi connectivity index (χ3n) is 8.82. The summed E-state index contributed by atoms with van der Waals surface area (Å²) >= 11 is 0. The van der Waals surface area contributed by atoms with Crippen LogP contribution < -0.4 is 5.32 Å². The summed E-state index contributed by atoms with van der Waals surface area (Å²) in [5, 5.41) is 53.8. The minimum atomic E-state index is -1.56. The summed E-state index contributed by atoms with van der Waals surface area (Å²) in [6.45, 7) is 3.74. The van der Waals surface area contributed by atoms with E-state index >= 15 is 0 Å². The summed E-state index contributed by atoms with van der Waals surface area (Å²) in [6, 6.07) is -0.743. The van der Waals surface area contributed by atoms with Crippen molar-refractivity contribution >= 4 is 5.91 Å². The highest BCUT2D eigenvalue weighted by Gasteiger charge is 2.44. The Bertz CT molecular complexity index is 776. The number of unbranched alkanes of at least 4 members (excludes halogenated alkanes) is 15. The highest BCUT2D eigenvalue weighted by Crippen LogP contribution is 2.23. The van der Waals surface area contributed by atoms with E-state index in [4.69, 9.17) is 9.47 Å². The first-order valence-corrected chi connectivity index (χ1v) is 18.5. The van der Waals surface area contributed by atoms with Crippen molar-refractivity contribution in [3.05, 3.63) is 24.3 Å². The van der Waals surface area contributed by atoms with E-state index in [9.17, 15) is 30.3 Å². The number of rotatable bonds is 29. The van der Waals surface area contributed by atoms with Gasteiger partial charge in [0, 0.05) is 6.42 Å². The van der Waals surface area contributed by atoms with Crippen molar-refractivity contribution in [2.45, 2.75) is 192 Å². The molecule has 0 aromatic heterocycles. The van der Waals surface area contributed by atoms with Gasteiger partial charge in [0.15, 0.2) is 6.29 Å². The topological polar surface area (TPSA) is 149 Å². The number of hydrogen-bond donors (Lipinski definition) is 6. The van der Waals surface area contributed by atoms with Crippen molar-refractivity contribution in [1.29, 1.82) is 0 Å². The van der Waals surface area contributed by atoms with E-state index in [1.54, 1.807) is 0 Å². The first-order chi connectivity index (χ1) is 22.3. The second-order valence-corrected chi connectivity index (χ2v) is 13.0. The van der Waals surface area contributed by atoms with Gasteiger partial charge in [-0.3, -0.25) is 4.79 Å². The fourth-order valence-corrected chi connectivity index (χ4v) is 5.74. The number of aliphatic hydroxyl groups excluding tert-OH is 5. The highest BCUT2D eigenvalue weighted by molar-refractivity contribution is 5.76. The van der Waals surface area contributed by atoms with Gasteiger partial charge in [0.2, 0.25) is 5.91 Å². The Kier molecular flexibility index (Phi) is 26.6. The number of amides is 1. The Morgan fingerprint density at radius 1 is 0.739 bits per heavy atom. The summed E-state index contributed by atoms with van der Waals surface area (Å²) in [7, 11) is 0. The van der Waals surface area contributed by atoms with Crippen molar-refractivity contribution in [3.63, 3.8) is 0 Å². The van der Waals surface area contributed by atoms with Gasteiger partial charge in [-0.05, 0) is 32.1 Å². The lowest BCUT2D eigenvalue weighted by Crippen LogP contribution is -2.60. The molecule has 1 aliphatic rings. The zero-order valence-electron chi connectivity index (χ0n) is 29.1. The van der Waals surface area contributed by atoms with Crippen LogP contribution in [0.4, 0.5) is 0 Å². The van der Waals surface area contributed by atoms with Crippen LogP contribution in [0.25, 0.3) is 0 Å². The zero-order chi connectivity index (χ0) is 33.8. The molecule has 46 heavy (non-hydrogen) atoms. The van der Waals surface area contributed by atoms with Gasteiger partial charge in [-0.2, -0.15) is 0 Å². The van der Waals surface area contributed by atoms with Crippen LogP contribution in [0.3, 0.4) is 0 Å². The molecular weight excluding hydrogens is 586 g/mol. The fourth-order valence-electron chi connectivity index (χ4n) is 5.74. The van der Waals surface area contributed by atoms with Crippen LogP contribution in [0.5, 0.6) is 0 Å². The van der Waals surface area contributed by atoms with Gasteiger partial charge in [0.05, 0.1) is 25.4 Å². The summed E-state index contributed by atoms with van der Waals surface area (Å²) in [5.41, 5.74) is 0. The molecule has 6 N–H and O–H groups in total. The number of nitrogens with one attached hydrogen (secondary N) is 1. The minimum Gasteiger partial charge on any atom is -0.394 e. The summed E-state index contributed by atoms with van der Waals surface area (Å²) in [4.78, 5) is 12.8. The Balaban J connectivity index is 2.49. The molecule has 7 unspecified atom stereocenters. The predicted octanol–water partition coefficient (Wildman–Crippen LogP) is 5.99. The first kappa shape index (κ1) is 42.7. The van der Waals surface area contributed by atoms with Crippen LogP contribution in [0.2, 0.25) is 0 Å². The highest BCUT2D eigenvalue weighted by atomic mass is 16.7. The standard InChI is InChI=1S/C37H69NO8/c1-3-5-7-9-11-13-15-16-17-19-21-23-25-27-33(41)38-30(29-45-37-36(44)35(43)34(42)32(28-39)46-37)31(40)26-24-22-20-18-14-12-10-8-6-4-2/h16-17,21,23,30-32,34-37,39-40,42-44H,3-15,18-20,22,24-29H2,1-2H3,(H,38,41)/b17-16-,23-21-. The molecule has 1 amide bonds. The average molecular weight is 656 g/mol. The van der Waals surface area contributed by atoms with Crippen LogP contribution in [-0.4, -0.2) is 87.5 Å². The second-order valence-electron chi connectivity index (χ2n) is 13.0. The minimum absolute atomic E-state index is 0.160. The largest absolute Gasteiger partial charge is 0.394 e. The molecule has 0 radical (unpaired) electrons. The van der Waals surface area contributed by atoms with E-state index in [-0.39, 0.29) is 18.9 Å². The van der Waals surface area contributed by atoms with Crippen molar-refractivity contribution in [2.24, 2.45) is 0 Å². The van der Waals surface area contributed by atoms with E-state index in [1.807, 2.05) is 6.08 Å². The number of ether oxygens (including phenoxy) is 2. The molecule has 1 fully saturated rings. The molecule has 1 saturated heterocycles. The van der Waals surface area contributed by atoms with Gasteiger partial charge in [0.1, 0.15) is 24.4 Å². The van der Waals surface area contributed by atoms with E-state index in [0.717, 1.165) is 32.1 Å². The number of carbonyl (C=O) groups is 1. The van der Waals surface area contributed by atoms with Gasteiger partial charge in [0.25, 0.3) is 0 Å². The average Bonchev–Trinajstić information content (AvgIpc) is 3.05. The Hall–Kier alpha value is -1.33. The molecule has 1 heterocycles. The molecule has 1 rings (SSSR count). The van der Waals surface area contributed by atoms with Crippen LogP contribution in [0, 0.1) is 0 Å². The normalized spacial score (nSPS) is 23.3. The second kappa shape index (κ2) is 28.7. The molecule has 7 atom stereocenters. The first-order valence-electron chi connectivity index (χ1n) is 18.5. The number of hydrogen-bond acceptors (Lipinski definition) is 8. The monoisotopic (exact) mass is 656 g/mol. The van der Waals surface area contributed by atoms with Crippen LogP contribution in [0.1, 0.15) is 149 Å². The van der Waals surface area contributed by atoms with Gasteiger partial charge >= 0.3 is 0 Å². The lowest BCUT2D eigenvalue weighted by molar-refractivity contribution is -0.302. The third-order valence-corrected chi connectivity index (χ3v) is 8.82. The van der Waals surface area contributed by atoms with Gasteiger partial charge in [-0.1, -0.05) is 134 Å². The molecule has 270 valence electrons. The van der Waals surface area contributed by atoms with E-state index in [1.165, 1.54) is 83.5 Å². The van der Waals surface area contributed by atoms with Gasteiger partial charge in [-0.25, -0.2) is 0 Å². The summed E-state index contributed by atoms with van der Waals surface area (Å²) in [5.74, 6) is -0.215. The molecule has 9 nitrogen and oxygen atoms in total. The lowest BCUT2D eigenvalue weighted by Gasteiger charge is -2.40. The van der Waals surface area contributed by atoms with Crippen LogP contribution in [0.15, 0.2) is 24.3 Å². The Morgan fingerprint density at radius 3 is 1.87 bits per heavy atom. The van der Waals surface area contributed by atoms with Crippen LogP contribution >= 0.6 is 0 Å². The number of aliphatic hydroxyl groups is 5. The van der Waals surface area contributed by atoms with E-state index in [0.29, 0.717) is 12.8 Å². The molecule has 0 saturated carbocycles. The number of carbonyl (C=O) groups excluding carboxylic acids is 1. The van der Waals surface area contributed by atoms with E-state index < -0.39 is 49.5 Å². The number of allylic oxidation sites excluding steroid dienone is 4. The quantitative estimate of drug-likeness (QED) is 0.0425. The predicted molar refractivity (Wildman–Crippen MR) is 184 cm³/mol. The SMILES string of the molecule is CCCCCCCC/C=C\C/C=C\CCC(=O)NC(COC1OC(CO)C(O)C(O)C1O)C(O)CCCCCCCCCCCC. The molecule has 0 aromatic carbocycles. The maximum atomic E-state index is 12.8. The summed E-state index contributed by atoms with van der Waals surface area (Å²) < 4.78 is 11.1. The molecule has 0 spiro atoms.